The fourth-order valence-electron chi connectivity index (χ4n) is 2.60. The first-order valence-corrected chi connectivity index (χ1v) is 14.7. The Morgan fingerprint density at radius 1 is 1.12 bits per heavy atom. The minimum absolute atomic E-state index is 0.000931. The van der Waals surface area contributed by atoms with Crippen LogP contribution in [-0.4, -0.2) is 45.7 Å². The number of sulfone groups is 2. The molecule has 2 aromatic carbocycles. The van der Waals surface area contributed by atoms with Crippen LogP contribution in [-0.2, 0) is 24.4 Å². The molecule has 0 atom stereocenters. The molecule has 3 rings (SSSR count). The van der Waals surface area contributed by atoms with Gasteiger partial charge in [-0.15, -0.1) is 0 Å². The first-order chi connectivity index (χ1) is 19.1. The maximum Gasteiger partial charge on any atom is 0.295 e. The third-order valence-corrected chi connectivity index (χ3v) is 6.82. The van der Waals surface area contributed by atoms with E-state index in [1.54, 1.807) is 13.0 Å². The molecule has 0 amide bonds. The number of nitrogens with two attached hydrogens (primary N) is 2. The molecule has 0 unspecified atom stereocenters. The minimum atomic E-state index is -3.48. The highest BCUT2D eigenvalue weighted by molar-refractivity contribution is 7.91. The minimum Gasteiger partial charge on any atom is -0.512 e. The number of nitrogens with one attached hydrogen (secondary N) is 1. The van der Waals surface area contributed by atoms with Crippen LogP contribution >= 0.6 is 0 Å². The number of hydrogen-bond donors (Lipinski definition) is 3. The van der Waals surface area contributed by atoms with Gasteiger partial charge in [0.05, 0.1) is 47.5 Å². The Balaban J connectivity index is 0.000000333. The van der Waals surface area contributed by atoms with Crippen molar-refractivity contribution in [2.45, 2.75) is 16.7 Å². The van der Waals surface area contributed by atoms with Gasteiger partial charge in [-0.25, -0.2) is 45.3 Å². The maximum atomic E-state index is 13.9. The molecular weight excluding hydrogens is 582 g/mol. The number of nitrogen functional groups attached to an aromatic ring is 2. The summed E-state index contributed by atoms with van der Waals surface area (Å²) in [5, 5.41) is 11.9. The smallest absolute Gasteiger partial charge is 0.295 e. The van der Waals surface area contributed by atoms with Crippen LogP contribution in [0.3, 0.4) is 0 Å². The first kappa shape index (κ1) is 34.0. The van der Waals surface area contributed by atoms with E-state index in [1.807, 2.05) is 0 Å². The molecule has 0 aliphatic heterocycles. The summed E-state index contributed by atoms with van der Waals surface area (Å²) in [6.07, 6.45) is 4.37. The Kier molecular flexibility index (Phi) is 12.4. The topological polar surface area (TPSA) is 192 Å². The van der Waals surface area contributed by atoms with Crippen LogP contribution in [0.4, 0.5) is 26.0 Å². The normalized spacial score (nSPS) is 10.9. The van der Waals surface area contributed by atoms with Crippen LogP contribution in [0.15, 0.2) is 64.3 Å². The van der Waals surface area contributed by atoms with Crippen molar-refractivity contribution in [1.82, 2.24) is 9.78 Å². The molecule has 216 valence electrons. The quantitative estimate of drug-likeness (QED) is 0.123. The molecule has 3 aromatic rings. The lowest BCUT2D eigenvalue weighted by atomic mass is 10.3. The molecule has 0 spiro atoms. The Morgan fingerprint density at radius 2 is 1.68 bits per heavy atom. The van der Waals surface area contributed by atoms with Crippen LogP contribution < -0.4 is 17.0 Å². The van der Waals surface area contributed by atoms with Gasteiger partial charge < -0.3 is 15.9 Å². The summed E-state index contributed by atoms with van der Waals surface area (Å²) in [6, 6.07) is 8.55. The van der Waals surface area contributed by atoms with Crippen LogP contribution in [0.1, 0.15) is 6.92 Å². The molecule has 0 aliphatic carbocycles. The second-order valence-electron chi connectivity index (χ2n) is 7.56. The van der Waals surface area contributed by atoms with Gasteiger partial charge in [-0.3, -0.25) is 5.84 Å². The monoisotopic (exact) mass is 606 g/mol. The van der Waals surface area contributed by atoms with E-state index in [9.17, 15) is 25.6 Å². The van der Waals surface area contributed by atoms with Gasteiger partial charge in [0, 0.05) is 12.5 Å². The molecule has 17 heteroatoms. The number of aromatic nitrogens is 2. The Morgan fingerprint density at radius 3 is 2.07 bits per heavy atom. The van der Waals surface area contributed by atoms with Gasteiger partial charge in [-0.2, -0.15) is 5.10 Å². The number of nitriles is 1. The molecule has 0 bridgehead atoms. The molecule has 0 saturated carbocycles. The number of nitrogens with zero attached hydrogens (tertiary/aromatic N) is 5. The van der Waals surface area contributed by atoms with Gasteiger partial charge in [-0.1, -0.05) is 0 Å². The van der Waals surface area contributed by atoms with E-state index in [-0.39, 0.29) is 38.4 Å². The number of allylic oxidation sites excluding steroid dienone is 1. The van der Waals surface area contributed by atoms with E-state index in [4.69, 9.17) is 30.0 Å². The molecule has 0 fully saturated rings. The average Bonchev–Trinajstić information content (AvgIpc) is 3.28. The number of halogens is 2. The largest absolute Gasteiger partial charge is 0.512 e. The zero-order valence-electron chi connectivity index (χ0n) is 21.8. The predicted molar refractivity (Wildman–Crippen MR) is 147 cm³/mol. The lowest BCUT2D eigenvalue weighted by molar-refractivity contribution is 0.268. The predicted octanol–water partition coefficient (Wildman–Crippen LogP) is 3.37. The highest BCUT2D eigenvalue weighted by atomic mass is 32.2. The van der Waals surface area contributed by atoms with E-state index in [0.717, 1.165) is 35.6 Å². The molecule has 41 heavy (non-hydrogen) atoms. The lowest BCUT2D eigenvalue weighted by Crippen LogP contribution is -2.09. The SMILES string of the molecule is CS(=O)(=O)c1ccc(NN)c(F)c1.[C-]#[N+]/C(C#N)=C\OCC.[C-]#[N+]c1cnn(-c2ccc(S(C)(=O)=O)cc2F)c1N. The summed E-state index contributed by atoms with van der Waals surface area (Å²) in [5.74, 6) is 3.50. The Hall–Kier alpha value is -5.02. The molecule has 5 N–H and O–H groups in total. The van der Waals surface area contributed by atoms with E-state index in [2.05, 4.69) is 25.0 Å². The summed E-state index contributed by atoms with van der Waals surface area (Å²) < 4.78 is 77.1. The van der Waals surface area contributed by atoms with Crippen LogP contribution in [0, 0.1) is 36.1 Å². The maximum absolute atomic E-state index is 13.9. The summed E-state index contributed by atoms with van der Waals surface area (Å²) in [5.41, 5.74) is 7.88. The molecule has 13 nitrogen and oxygen atoms in total. The third-order valence-electron chi connectivity index (χ3n) is 4.60. The number of hydrogen-bond acceptors (Lipinski definition) is 10. The van der Waals surface area contributed by atoms with Crippen molar-refractivity contribution in [3.63, 3.8) is 0 Å². The van der Waals surface area contributed by atoms with Crippen molar-refractivity contribution >= 4 is 36.9 Å². The number of rotatable bonds is 6. The van der Waals surface area contributed by atoms with Gasteiger partial charge in [0.2, 0.25) is 5.69 Å². The highest BCUT2D eigenvalue weighted by Crippen LogP contribution is 2.26. The average molecular weight is 607 g/mol. The third kappa shape index (κ3) is 9.90. The van der Waals surface area contributed by atoms with Gasteiger partial charge in [0.15, 0.2) is 19.7 Å². The Bertz CT molecular complexity index is 1750. The zero-order valence-corrected chi connectivity index (χ0v) is 23.5. The van der Waals surface area contributed by atoms with Gasteiger partial charge in [0.25, 0.3) is 5.70 Å². The van der Waals surface area contributed by atoms with Crippen LogP contribution in [0.5, 0.6) is 0 Å². The fraction of sp³-hybridized carbons (Fsp3) is 0.167. The Labute approximate surface area is 235 Å². The summed E-state index contributed by atoms with van der Waals surface area (Å²) in [4.78, 5) is 5.79. The van der Waals surface area contributed by atoms with E-state index in [1.165, 1.54) is 30.5 Å². The molecule has 0 saturated heterocycles. The van der Waals surface area contributed by atoms with Crippen molar-refractivity contribution < 1.29 is 30.4 Å². The van der Waals surface area contributed by atoms with Gasteiger partial charge in [-0.05, 0) is 43.3 Å². The second kappa shape index (κ2) is 14.9. The van der Waals surface area contributed by atoms with E-state index >= 15 is 0 Å². The number of ether oxygens (including phenoxy) is 1. The van der Waals surface area contributed by atoms with Crippen LogP contribution in [0.25, 0.3) is 15.4 Å². The standard InChI is InChI=1S/C11H9FN4O2S.C7H9FN2O2S.C6H6N2O/c1-14-9-6-15-16(11(9)13)10-4-3-7(5-8(10)12)19(2,17)18;1-13(11,12)5-2-3-7(10-9)6(8)4-5;1-3-9-5-6(4-7)8-2/h3-6H,13H2,2H3;2-4,10H,9H2,1H3;5H,3H2,1H3/b;;6-5-. The lowest BCUT2D eigenvalue weighted by Gasteiger charge is -2.07. The van der Waals surface area contributed by atoms with Crippen molar-refractivity contribution in [2.24, 2.45) is 5.84 Å². The van der Waals surface area contributed by atoms with Gasteiger partial charge in [0.1, 0.15) is 29.4 Å². The first-order valence-electron chi connectivity index (χ1n) is 10.9. The molecular formula is C24H24F2N8O5S2. The summed E-state index contributed by atoms with van der Waals surface area (Å²) in [7, 11) is -6.84. The van der Waals surface area contributed by atoms with E-state index < -0.39 is 31.3 Å². The summed E-state index contributed by atoms with van der Waals surface area (Å²) >= 11 is 0. The fourth-order valence-corrected chi connectivity index (χ4v) is 3.87. The van der Waals surface area contributed by atoms with Gasteiger partial charge >= 0.3 is 0 Å². The second-order valence-corrected chi connectivity index (χ2v) is 11.6. The summed E-state index contributed by atoms with van der Waals surface area (Å²) in [6.45, 7) is 15.5. The molecule has 1 aromatic heterocycles. The van der Waals surface area contributed by atoms with Crippen molar-refractivity contribution in [3.8, 4) is 11.8 Å². The zero-order chi connectivity index (χ0) is 31.4. The molecule has 1 heterocycles. The molecule has 0 radical (unpaired) electrons. The number of benzene rings is 2. The number of hydrazine groups is 1. The van der Waals surface area contributed by atoms with E-state index in [0.29, 0.717) is 6.61 Å². The van der Waals surface area contributed by atoms with Crippen LogP contribution in [0.2, 0.25) is 0 Å². The van der Waals surface area contributed by atoms with Crippen molar-refractivity contribution in [1.29, 1.82) is 5.26 Å². The highest BCUT2D eigenvalue weighted by Gasteiger charge is 2.16. The van der Waals surface area contributed by atoms with Crippen molar-refractivity contribution in [2.75, 3.05) is 30.3 Å². The van der Waals surface area contributed by atoms with Crippen molar-refractivity contribution in [3.05, 3.63) is 89.0 Å². The molecule has 0 aliphatic rings. The number of anilines is 2.